The van der Waals surface area contributed by atoms with Gasteiger partial charge in [0.25, 0.3) is 0 Å². The molecule has 2 unspecified atom stereocenters. The summed E-state index contributed by atoms with van der Waals surface area (Å²) < 4.78 is 1.08. The van der Waals surface area contributed by atoms with Crippen LogP contribution in [-0.4, -0.2) is 66.9 Å². The number of benzene rings is 1. The fraction of sp³-hybridized carbons (Fsp3) is 0.613. The van der Waals surface area contributed by atoms with Crippen molar-refractivity contribution in [2.45, 2.75) is 90.1 Å². The molecular weight excluding hydrogens is 522 g/mol. The summed E-state index contributed by atoms with van der Waals surface area (Å²) in [5, 5.41) is 9.95. The van der Waals surface area contributed by atoms with Gasteiger partial charge in [0.2, 0.25) is 17.7 Å². The van der Waals surface area contributed by atoms with E-state index in [1.165, 1.54) is 12.0 Å². The molecule has 9 heteroatoms. The number of hydrogen-bond acceptors (Lipinski definition) is 6. The van der Waals surface area contributed by atoms with Crippen molar-refractivity contribution in [3.05, 3.63) is 40.9 Å². The molecule has 8 nitrogen and oxygen atoms in total. The summed E-state index contributed by atoms with van der Waals surface area (Å²) in [4.78, 5) is 45.6. The summed E-state index contributed by atoms with van der Waals surface area (Å²) in [6.07, 6.45) is 6.62. The van der Waals surface area contributed by atoms with Crippen LogP contribution in [0.3, 0.4) is 0 Å². The zero-order valence-electron chi connectivity index (χ0n) is 24.8. The fourth-order valence-electron chi connectivity index (χ4n) is 5.07. The lowest BCUT2D eigenvalue weighted by Gasteiger charge is -2.32. The van der Waals surface area contributed by atoms with Gasteiger partial charge in [0, 0.05) is 37.5 Å². The van der Waals surface area contributed by atoms with E-state index in [0.717, 1.165) is 47.5 Å². The first-order valence-electron chi connectivity index (χ1n) is 14.7. The van der Waals surface area contributed by atoms with Gasteiger partial charge in [-0.05, 0) is 62.9 Å². The quantitative estimate of drug-likeness (QED) is 0.290. The number of amides is 3. The molecule has 40 heavy (non-hydrogen) atoms. The molecule has 1 aromatic carbocycles. The summed E-state index contributed by atoms with van der Waals surface area (Å²) in [5.74, 6) is 0.0957. The molecule has 2 aromatic rings. The summed E-state index contributed by atoms with van der Waals surface area (Å²) in [5.41, 5.74) is 2.69. The van der Waals surface area contributed by atoms with E-state index in [1.54, 1.807) is 18.3 Å². The molecule has 220 valence electrons. The van der Waals surface area contributed by atoms with Gasteiger partial charge in [0.1, 0.15) is 6.04 Å². The zero-order valence-corrected chi connectivity index (χ0v) is 25.7. The second-order valence-corrected chi connectivity index (χ2v) is 12.7. The van der Waals surface area contributed by atoms with E-state index in [4.69, 9.17) is 4.98 Å². The number of carbonyl (C=O) groups excluding carboxylic acids is 3. The van der Waals surface area contributed by atoms with Crippen LogP contribution in [0.4, 0.5) is 0 Å². The Balaban J connectivity index is 1.74. The minimum Gasteiger partial charge on any atom is -0.350 e. The lowest BCUT2D eigenvalue weighted by molar-refractivity contribution is -0.129. The number of carbonyl (C=O) groups is 3. The predicted octanol–water partition coefficient (Wildman–Crippen LogP) is 4.55. The Hall–Kier alpha value is -2.78. The number of nitrogens with zero attached hydrogens (tertiary/aromatic N) is 2. The maximum Gasteiger partial charge on any atom is 0.246 e. The molecule has 2 atom stereocenters. The van der Waals surface area contributed by atoms with Crippen LogP contribution in [0.25, 0.3) is 10.2 Å². The van der Waals surface area contributed by atoms with Gasteiger partial charge in [-0.1, -0.05) is 52.7 Å². The molecule has 0 spiro atoms. The summed E-state index contributed by atoms with van der Waals surface area (Å²) >= 11 is 1.57. The third kappa shape index (κ3) is 9.41. The molecule has 1 aliphatic carbocycles. The molecular formula is C31H47N5O3S. The van der Waals surface area contributed by atoms with Crippen molar-refractivity contribution >= 4 is 39.3 Å². The highest BCUT2D eigenvalue weighted by molar-refractivity contribution is 7.18. The monoisotopic (exact) mass is 569 g/mol. The number of hydrogen-bond donors (Lipinski definition) is 3. The number of nitrogens with one attached hydrogen (secondary N) is 3. The molecule has 1 aromatic heterocycles. The maximum absolute atomic E-state index is 13.7. The Bertz CT molecular complexity index is 1170. The summed E-state index contributed by atoms with van der Waals surface area (Å²) in [6.45, 7) is 11.1. The normalized spacial score (nSPS) is 15.7. The molecule has 1 saturated carbocycles. The average molecular weight is 570 g/mol. The predicted molar refractivity (Wildman–Crippen MR) is 163 cm³/mol. The second kappa shape index (κ2) is 15.3. The fourth-order valence-corrected chi connectivity index (χ4v) is 6.13. The standard InChI is InChI=1S/C31H47N5O3S/c1-7-28(37)33-25(18-29-34-24-14-13-23(20(2)3)17-27(24)40-29)31(39)35-26(22-11-9-8-10-12-22)19-32-30(38)21(4)15-16-36(5)6/h13-14,17,20,22,25-26H,4,7-12,15-16,18-19H2,1-3,5-6H3,(H,32,38)(H,33,37)(H,35,39). The van der Waals surface area contributed by atoms with E-state index >= 15 is 0 Å². The Morgan fingerprint density at radius 3 is 2.50 bits per heavy atom. The van der Waals surface area contributed by atoms with Crippen LogP contribution in [0, 0.1) is 5.92 Å². The first kappa shape index (κ1) is 31.7. The molecule has 0 radical (unpaired) electrons. The van der Waals surface area contributed by atoms with Crippen molar-refractivity contribution in [2.24, 2.45) is 5.92 Å². The van der Waals surface area contributed by atoms with Gasteiger partial charge in [-0.15, -0.1) is 11.3 Å². The van der Waals surface area contributed by atoms with Crippen molar-refractivity contribution in [3.8, 4) is 0 Å². The summed E-state index contributed by atoms with van der Waals surface area (Å²) in [6, 6.07) is 5.32. The van der Waals surface area contributed by atoms with Crippen LogP contribution in [0.15, 0.2) is 30.4 Å². The SMILES string of the molecule is C=C(CCN(C)C)C(=O)NCC(NC(=O)C(Cc1nc2ccc(C(C)C)cc2s1)NC(=O)CC)C1CCCCC1. The van der Waals surface area contributed by atoms with Crippen LogP contribution in [-0.2, 0) is 20.8 Å². The highest BCUT2D eigenvalue weighted by Crippen LogP contribution is 2.28. The topological polar surface area (TPSA) is 103 Å². The molecule has 1 fully saturated rings. The van der Waals surface area contributed by atoms with Crippen LogP contribution in [0.5, 0.6) is 0 Å². The van der Waals surface area contributed by atoms with Crippen LogP contribution in [0.1, 0.15) is 82.2 Å². The van der Waals surface area contributed by atoms with E-state index in [2.05, 4.69) is 48.5 Å². The Labute approximate surface area is 243 Å². The highest BCUT2D eigenvalue weighted by atomic mass is 32.1. The van der Waals surface area contributed by atoms with Crippen molar-refractivity contribution in [2.75, 3.05) is 27.2 Å². The molecule has 1 aliphatic rings. The van der Waals surface area contributed by atoms with Crippen molar-refractivity contribution in [1.82, 2.24) is 25.8 Å². The Morgan fingerprint density at radius 2 is 1.85 bits per heavy atom. The van der Waals surface area contributed by atoms with Gasteiger partial charge in [0.05, 0.1) is 15.2 Å². The molecule has 0 aliphatic heterocycles. The van der Waals surface area contributed by atoms with E-state index < -0.39 is 6.04 Å². The van der Waals surface area contributed by atoms with Crippen molar-refractivity contribution in [3.63, 3.8) is 0 Å². The maximum atomic E-state index is 13.7. The third-order valence-electron chi connectivity index (χ3n) is 7.69. The first-order chi connectivity index (χ1) is 19.1. The van der Waals surface area contributed by atoms with Crippen LogP contribution < -0.4 is 16.0 Å². The van der Waals surface area contributed by atoms with E-state index in [9.17, 15) is 14.4 Å². The second-order valence-electron chi connectivity index (χ2n) is 11.5. The average Bonchev–Trinajstić information content (AvgIpc) is 3.35. The number of aromatic nitrogens is 1. The largest absolute Gasteiger partial charge is 0.350 e. The first-order valence-corrected chi connectivity index (χ1v) is 15.5. The van der Waals surface area contributed by atoms with E-state index in [-0.39, 0.29) is 29.7 Å². The lowest BCUT2D eigenvalue weighted by Crippen LogP contribution is -2.55. The van der Waals surface area contributed by atoms with Crippen molar-refractivity contribution in [1.29, 1.82) is 0 Å². The Morgan fingerprint density at radius 1 is 1.12 bits per heavy atom. The van der Waals surface area contributed by atoms with Crippen LogP contribution in [0.2, 0.25) is 0 Å². The van der Waals surface area contributed by atoms with Gasteiger partial charge < -0.3 is 20.9 Å². The highest BCUT2D eigenvalue weighted by Gasteiger charge is 2.30. The van der Waals surface area contributed by atoms with E-state index in [1.807, 2.05) is 25.1 Å². The minimum absolute atomic E-state index is 0.178. The zero-order chi connectivity index (χ0) is 29.2. The third-order valence-corrected chi connectivity index (χ3v) is 8.73. The van der Waals surface area contributed by atoms with Gasteiger partial charge in [-0.2, -0.15) is 0 Å². The number of thiazole rings is 1. The Kier molecular flexibility index (Phi) is 12.1. The molecule has 0 bridgehead atoms. The van der Waals surface area contributed by atoms with Gasteiger partial charge in [0.15, 0.2) is 0 Å². The van der Waals surface area contributed by atoms with Gasteiger partial charge in [-0.25, -0.2) is 4.98 Å². The number of fused-ring (bicyclic) bond motifs is 1. The molecule has 0 saturated heterocycles. The molecule has 3 rings (SSSR count). The van der Waals surface area contributed by atoms with E-state index in [0.29, 0.717) is 37.3 Å². The lowest BCUT2D eigenvalue weighted by atomic mass is 9.83. The van der Waals surface area contributed by atoms with Gasteiger partial charge >= 0.3 is 0 Å². The minimum atomic E-state index is -0.741. The smallest absolute Gasteiger partial charge is 0.246 e. The molecule has 3 amide bonds. The molecule has 3 N–H and O–H groups in total. The number of rotatable bonds is 14. The van der Waals surface area contributed by atoms with Crippen LogP contribution >= 0.6 is 11.3 Å². The molecule has 1 heterocycles. The van der Waals surface area contributed by atoms with Crippen molar-refractivity contribution < 1.29 is 14.4 Å². The summed E-state index contributed by atoms with van der Waals surface area (Å²) in [7, 11) is 3.93. The van der Waals surface area contributed by atoms with Gasteiger partial charge in [-0.3, -0.25) is 14.4 Å².